The summed E-state index contributed by atoms with van der Waals surface area (Å²) in [6.07, 6.45) is 3.29. The normalized spacial score (nSPS) is 13.2. The van der Waals surface area contributed by atoms with Gasteiger partial charge in [-0.2, -0.15) is 0 Å². The Balaban J connectivity index is 2.29. The number of aryl methyl sites for hydroxylation is 1. The number of imidazole rings is 1. The first-order valence-corrected chi connectivity index (χ1v) is 7.79. The van der Waals surface area contributed by atoms with E-state index in [4.69, 9.17) is 10.7 Å². The zero-order valence-electron chi connectivity index (χ0n) is 13.0. The molecule has 0 spiro atoms. The van der Waals surface area contributed by atoms with E-state index in [-0.39, 0.29) is 0 Å². The third kappa shape index (κ3) is 3.40. The zero-order valence-corrected chi connectivity index (χ0v) is 13.0. The van der Waals surface area contributed by atoms with E-state index in [0.717, 1.165) is 31.4 Å². The van der Waals surface area contributed by atoms with Crippen molar-refractivity contribution in [2.45, 2.75) is 46.6 Å². The first kappa shape index (κ1) is 15.0. The van der Waals surface area contributed by atoms with Crippen LogP contribution >= 0.6 is 0 Å². The van der Waals surface area contributed by atoms with Crippen molar-refractivity contribution < 1.29 is 0 Å². The summed E-state index contributed by atoms with van der Waals surface area (Å²) in [5.41, 5.74) is 8.31. The van der Waals surface area contributed by atoms with Gasteiger partial charge in [0.15, 0.2) is 0 Å². The molecule has 0 fully saturated rings. The SMILES string of the molecule is CCCn1c(CC(CN)CC(C)C)nc2ccccc21. The number of hydrogen-bond donors (Lipinski definition) is 1. The fraction of sp³-hybridized carbons (Fsp3) is 0.588. The fourth-order valence-corrected chi connectivity index (χ4v) is 2.94. The summed E-state index contributed by atoms with van der Waals surface area (Å²) in [4.78, 5) is 4.83. The van der Waals surface area contributed by atoms with E-state index in [1.807, 2.05) is 0 Å². The van der Waals surface area contributed by atoms with Crippen LogP contribution in [-0.2, 0) is 13.0 Å². The lowest BCUT2D eigenvalue weighted by Crippen LogP contribution is -2.21. The second-order valence-electron chi connectivity index (χ2n) is 6.10. The van der Waals surface area contributed by atoms with Crippen molar-refractivity contribution in [1.82, 2.24) is 9.55 Å². The predicted octanol–water partition coefficient (Wildman–Crippen LogP) is 3.61. The van der Waals surface area contributed by atoms with Gasteiger partial charge in [-0.3, -0.25) is 0 Å². The molecule has 3 nitrogen and oxygen atoms in total. The van der Waals surface area contributed by atoms with Crippen LogP contribution in [0.4, 0.5) is 0 Å². The van der Waals surface area contributed by atoms with Gasteiger partial charge in [0.1, 0.15) is 5.82 Å². The average molecular weight is 273 g/mol. The molecule has 3 heteroatoms. The van der Waals surface area contributed by atoms with Crippen molar-refractivity contribution in [3.8, 4) is 0 Å². The molecule has 0 amide bonds. The molecule has 0 saturated heterocycles. The monoisotopic (exact) mass is 273 g/mol. The molecule has 2 aromatic rings. The molecule has 2 rings (SSSR count). The Bertz CT molecular complexity index is 542. The molecular weight excluding hydrogens is 246 g/mol. The summed E-state index contributed by atoms with van der Waals surface area (Å²) in [5.74, 6) is 2.42. The number of para-hydroxylation sites is 2. The summed E-state index contributed by atoms with van der Waals surface area (Å²) in [5, 5.41) is 0. The summed E-state index contributed by atoms with van der Waals surface area (Å²) in [6.45, 7) is 8.52. The van der Waals surface area contributed by atoms with Crippen molar-refractivity contribution in [3.05, 3.63) is 30.1 Å². The summed E-state index contributed by atoms with van der Waals surface area (Å²) >= 11 is 0. The van der Waals surface area contributed by atoms with E-state index in [2.05, 4.69) is 49.6 Å². The number of nitrogens with zero attached hydrogens (tertiary/aromatic N) is 2. The highest BCUT2D eigenvalue weighted by molar-refractivity contribution is 5.75. The van der Waals surface area contributed by atoms with E-state index < -0.39 is 0 Å². The van der Waals surface area contributed by atoms with Gasteiger partial charge in [0, 0.05) is 13.0 Å². The lowest BCUT2D eigenvalue weighted by Gasteiger charge is -2.17. The minimum atomic E-state index is 0.530. The molecule has 1 unspecified atom stereocenters. The topological polar surface area (TPSA) is 43.8 Å². The standard InChI is InChI=1S/C17H27N3/c1-4-9-20-16-8-6-5-7-15(16)19-17(20)11-14(12-18)10-13(2)3/h5-8,13-14H,4,9-12,18H2,1-3H3. The molecule has 0 saturated carbocycles. The maximum Gasteiger partial charge on any atom is 0.110 e. The van der Waals surface area contributed by atoms with Crippen LogP contribution in [0.1, 0.15) is 39.4 Å². The smallest absolute Gasteiger partial charge is 0.110 e. The van der Waals surface area contributed by atoms with Gasteiger partial charge in [-0.15, -0.1) is 0 Å². The maximum absolute atomic E-state index is 5.95. The van der Waals surface area contributed by atoms with Crippen LogP contribution in [0.3, 0.4) is 0 Å². The Morgan fingerprint density at radius 3 is 2.65 bits per heavy atom. The summed E-state index contributed by atoms with van der Waals surface area (Å²) in [7, 11) is 0. The van der Waals surface area contributed by atoms with Gasteiger partial charge in [0.2, 0.25) is 0 Å². The van der Waals surface area contributed by atoms with Crippen LogP contribution < -0.4 is 5.73 Å². The molecule has 1 heterocycles. The number of aromatic nitrogens is 2. The fourth-order valence-electron chi connectivity index (χ4n) is 2.94. The minimum Gasteiger partial charge on any atom is -0.330 e. The van der Waals surface area contributed by atoms with Crippen molar-refractivity contribution in [2.24, 2.45) is 17.6 Å². The van der Waals surface area contributed by atoms with Crippen LogP contribution in [-0.4, -0.2) is 16.1 Å². The molecule has 110 valence electrons. The van der Waals surface area contributed by atoms with Crippen molar-refractivity contribution in [2.75, 3.05) is 6.54 Å². The highest BCUT2D eigenvalue weighted by atomic mass is 15.1. The maximum atomic E-state index is 5.95. The molecule has 0 aliphatic carbocycles. The molecule has 1 aromatic heterocycles. The number of fused-ring (bicyclic) bond motifs is 1. The van der Waals surface area contributed by atoms with Gasteiger partial charge in [-0.25, -0.2) is 4.98 Å². The third-order valence-corrected chi connectivity index (χ3v) is 3.79. The lowest BCUT2D eigenvalue weighted by atomic mass is 9.94. The summed E-state index contributed by atoms with van der Waals surface area (Å²) in [6, 6.07) is 8.42. The molecule has 0 aliphatic heterocycles. The molecule has 2 N–H and O–H groups in total. The quantitative estimate of drug-likeness (QED) is 0.837. The number of benzene rings is 1. The number of hydrogen-bond acceptors (Lipinski definition) is 2. The second-order valence-corrected chi connectivity index (χ2v) is 6.10. The largest absolute Gasteiger partial charge is 0.330 e. The molecule has 0 aliphatic rings. The molecule has 0 radical (unpaired) electrons. The van der Waals surface area contributed by atoms with Gasteiger partial charge in [0.05, 0.1) is 11.0 Å². The zero-order chi connectivity index (χ0) is 14.5. The van der Waals surface area contributed by atoms with Gasteiger partial charge in [-0.05, 0) is 43.4 Å². The molecule has 20 heavy (non-hydrogen) atoms. The minimum absolute atomic E-state index is 0.530. The Hall–Kier alpha value is -1.35. The van der Waals surface area contributed by atoms with E-state index >= 15 is 0 Å². The van der Waals surface area contributed by atoms with E-state index in [0.29, 0.717) is 11.8 Å². The van der Waals surface area contributed by atoms with Gasteiger partial charge in [-0.1, -0.05) is 32.9 Å². The number of nitrogens with two attached hydrogens (primary N) is 1. The lowest BCUT2D eigenvalue weighted by molar-refractivity contribution is 0.403. The van der Waals surface area contributed by atoms with Crippen LogP contribution in [0.2, 0.25) is 0 Å². The van der Waals surface area contributed by atoms with E-state index in [1.165, 1.54) is 17.8 Å². The van der Waals surface area contributed by atoms with Gasteiger partial charge >= 0.3 is 0 Å². The van der Waals surface area contributed by atoms with Gasteiger partial charge < -0.3 is 10.3 Å². The first-order valence-electron chi connectivity index (χ1n) is 7.79. The van der Waals surface area contributed by atoms with Crippen LogP contribution in [0.25, 0.3) is 11.0 Å². The molecule has 1 atom stereocenters. The first-order chi connectivity index (χ1) is 9.65. The predicted molar refractivity (Wildman–Crippen MR) is 85.7 cm³/mol. The van der Waals surface area contributed by atoms with Crippen LogP contribution in [0.15, 0.2) is 24.3 Å². The summed E-state index contributed by atoms with van der Waals surface area (Å²) < 4.78 is 2.37. The molecule has 0 bridgehead atoms. The van der Waals surface area contributed by atoms with Crippen LogP contribution in [0, 0.1) is 11.8 Å². The third-order valence-electron chi connectivity index (χ3n) is 3.79. The Morgan fingerprint density at radius 1 is 1.25 bits per heavy atom. The Morgan fingerprint density at radius 2 is 2.00 bits per heavy atom. The van der Waals surface area contributed by atoms with Crippen molar-refractivity contribution in [1.29, 1.82) is 0 Å². The van der Waals surface area contributed by atoms with Crippen molar-refractivity contribution in [3.63, 3.8) is 0 Å². The average Bonchev–Trinajstić information content (AvgIpc) is 2.76. The number of rotatable bonds is 7. The van der Waals surface area contributed by atoms with Gasteiger partial charge in [0.25, 0.3) is 0 Å². The Labute approximate surface area is 122 Å². The van der Waals surface area contributed by atoms with E-state index in [1.54, 1.807) is 0 Å². The molecule has 1 aromatic carbocycles. The molecular formula is C17H27N3. The van der Waals surface area contributed by atoms with Crippen molar-refractivity contribution >= 4 is 11.0 Å². The Kier molecular flexibility index (Phi) is 5.18. The highest BCUT2D eigenvalue weighted by Crippen LogP contribution is 2.21. The second kappa shape index (κ2) is 6.89. The highest BCUT2D eigenvalue weighted by Gasteiger charge is 2.16. The van der Waals surface area contributed by atoms with E-state index in [9.17, 15) is 0 Å². The van der Waals surface area contributed by atoms with Crippen LogP contribution in [0.5, 0.6) is 0 Å².